The molecule has 6 heteroatoms. The normalized spacial score (nSPS) is 20.6. The van der Waals surface area contributed by atoms with Crippen molar-refractivity contribution >= 4 is 28.4 Å². The van der Waals surface area contributed by atoms with Crippen molar-refractivity contribution in [2.75, 3.05) is 0 Å². The van der Waals surface area contributed by atoms with E-state index in [0.29, 0.717) is 17.0 Å². The number of benzene rings is 1. The molecule has 0 spiro atoms. The van der Waals surface area contributed by atoms with E-state index in [1.54, 1.807) is 30.6 Å². The molecule has 1 aromatic carbocycles. The van der Waals surface area contributed by atoms with Crippen molar-refractivity contribution in [1.82, 2.24) is 14.5 Å². The van der Waals surface area contributed by atoms with Crippen LogP contribution in [0.4, 0.5) is 0 Å². The molecule has 4 rings (SSSR count). The van der Waals surface area contributed by atoms with Gasteiger partial charge in [0.25, 0.3) is 0 Å². The third-order valence-electron chi connectivity index (χ3n) is 4.44. The van der Waals surface area contributed by atoms with Crippen LogP contribution in [0.15, 0.2) is 42.9 Å². The minimum absolute atomic E-state index is 0.00330. The minimum Gasteiger partial charge on any atom is -0.347 e. The predicted molar refractivity (Wildman–Crippen MR) is 91.2 cm³/mol. The van der Waals surface area contributed by atoms with Gasteiger partial charge in [-0.2, -0.15) is 0 Å². The lowest BCUT2D eigenvalue weighted by Gasteiger charge is -2.15. The minimum atomic E-state index is -0.434. The second-order valence-electron chi connectivity index (χ2n) is 5.95. The zero-order valence-electron chi connectivity index (χ0n) is 13.1. The van der Waals surface area contributed by atoms with Crippen LogP contribution in [0.5, 0.6) is 0 Å². The van der Waals surface area contributed by atoms with E-state index >= 15 is 0 Å². The highest BCUT2D eigenvalue weighted by atomic mass is 35.5. The van der Waals surface area contributed by atoms with Gasteiger partial charge in [0.15, 0.2) is 5.78 Å². The molecule has 3 heterocycles. The number of ether oxygens (including phenoxy) is 1. The molecule has 1 saturated heterocycles. The van der Waals surface area contributed by atoms with Gasteiger partial charge in [-0.3, -0.25) is 4.79 Å². The Hall–Kier alpha value is -2.24. The first kappa shape index (κ1) is 15.3. The van der Waals surface area contributed by atoms with Crippen LogP contribution in [-0.4, -0.2) is 26.4 Å². The van der Waals surface area contributed by atoms with Gasteiger partial charge >= 0.3 is 0 Å². The van der Waals surface area contributed by atoms with Gasteiger partial charge < -0.3 is 9.30 Å². The maximum absolute atomic E-state index is 12.6. The Morgan fingerprint density at radius 2 is 2.00 bits per heavy atom. The average molecular weight is 342 g/mol. The summed E-state index contributed by atoms with van der Waals surface area (Å²) in [6.45, 7) is 1.96. The SMILES string of the molecule is Cc1ncnc2c1ccn2C1CCC(C(=O)c2ccc(Cl)cc2)O1. The van der Waals surface area contributed by atoms with Crippen LogP contribution in [0, 0.1) is 6.92 Å². The number of aryl methyl sites for hydroxylation is 1. The van der Waals surface area contributed by atoms with Crippen LogP contribution in [0.2, 0.25) is 5.02 Å². The summed E-state index contributed by atoms with van der Waals surface area (Å²) in [6.07, 6.45) is 4.35. The fourth-order valence-electron chi connectivity index (χ4n) is 3.15. The van der Waals surface area contributed by atoms with Crippen molar-refractivity contribution in [1.29, 1.82) is 0 Å². The molecule has 0 bridgehead atoms. The number of nitrogens with zero attached hydrogens (tertiary/aromatic N) is 3. The van der Waals surface area contributed by atoms with E-state index in [1.165, 1.54) is 0 Å². The van der Waals surface area contributed by atoms with Gasteiger partial charge in [-0.05, 0) is 50.1 Å². The highest BCUT2D eigenvalue weighted by molar-refractivity contribution is 6.30. The molecule has 0 saturated carbocycles. The van der Waals surface area contributed by atoms with E-state index in [0.717, 1.165) is 23.1 Å². The molecule has 0 aliphatic carbocycles. The Morgan fingerprint density at radius 3 is 2.79 bits per heavy atom. The van der Waals surface area contributed by atoms with Gasteiger partial charge in [-0.1, -0.05) is 11.6 Å². The van der Waals surface area contributed by atoms with Crippen LogP contribution in [-0.2, 0) is 4.74 Å². The van der Waals surface area contributed by atoms with E-state index in [4.69, 9.17) is 16.3 Å². The van der Waals surface area contributed by atoms with Crippen LogP contribution < -0.4 is 0 Å². The van der Waals surface area contributed by atoms with Crippen molar-refractivity contribution < 1.29 is 9.53 Å². The molecule has 0 amide bonds. The molecule has 1 aliphatic rings. The predicted octanol–water partition coefficient (Wildman–Crippen LogP) is 3.95. The molecule has 3 aromatic rings. The Labute approximate surface area is 144 Å². The first-order valence-corrected chi connectivity index (χ1v) is 8.24. The van der Waals surface area contributed by atoms with Gasteiger partial charge in [0, 0.05) is 22.2 Å². The second kappa shape index (κ2) is 6.00. The highest BCUT2D eigenvalue weighted by Gasteiger charge is 2.32. The highest BCUT2D eigenvalue weighted by Crippen LogP contribution is 2.33. The number of rotatable bonds is 3. The Morgan fingerprint density at radius 1 is 1.21 bits per heavy atom. The summed E-state index contributed by atoms with van der Waals surface area (Å²) in [4.78, 5) is 21.2. The van der Waals surface area contributed by atoms with Gasteiger partial charge in [0.2, 0.25) is 0 Å². The van der Waals surface area contributed by atoms with Crippen molar-refractivity contribution in [2.45, 2.75) is 32.1 Å². The summed E-state index contributed by atoms with van der Waals surface area (Å²) in [5, 5.41) is 1.62. The molecule has 5 nitrogen and oxygen atoms in total. The number of Topliss-reactive ketones (excluding diaryl/α,β-unsaturated/α-hetero) is 1. The number of carbonyl (C=O) groups is 1. The molecule has 2 aromatic heterocycles. The maximum atomic E-state index is 12.6. The summed E-state index contributed by atoms with van der Waals surface area (Å²) in [6, 6.07) is 8.91. The zero-order chi connectivity index (χ0) is 16.7. The number of hydrogen-bond donors (Lipinski definition) is 0. The number of fused-ring (bicyclic) bond motifs is 1. The lowest BCUT2D eigenvalue weighted by molar-refractivity contribution is 0.00914. The molecular weight excluding hydrogens is 326 g/mol. The van der Waals surface area contributed by atoms with Gasteiger partial charge in [-0.25, -0.2) is 9.97 Å². The van der Waals surface area contributed by atoms with E-state index in [2.05, 4.69) is 9.97 Å². The Bertz CT molecular complexity index is 904. The first-order valence-electron chi connectivity index (χ1n) is 7.87. The molecule has 0 radical (unpaired) electrons. The summed E-state index contributed by atoms with van der Waals surface area (Å²) in [7, 11) is 0. The lowest BCUT2D eigenvalue weighted by atomic mass is 10.0. The van der Waals surface area contributed by atoms with E-state index in [1.807, 2.05) is 23.8 Å². The van der Waals surface area contributed by atoms with Crippen molar-refractivity contribution in [3.63, 3.8) is 0 Å². The van der Waals surface area contributed by atoms with E-state index in [9.17, 15) is 4.79 Å². The first-order chi connectivity index (χ1) is 11.6. The summed E-state index contributed by atoms with van der Waals surface area (Å²) >= 11 is 5.88. The fourth-order valence-corrected chi connectivity index (χ4v) is 3.27. The zero-order valence-corrected chi connectivity index (χ0v) is 13.9. The van der Waals surface area contributed by atoms with E-state index in [-0.39, 0.29) is 12.0 Å². The van der Waals surface area contributed by atoms with Gasteiger partial charge in [0.1, 0.15) is 24.3 Å². The van der Waals surface area contributed by atoms with Crippen molar-refractivity contribution in [3.05, 3.63) is 59.1 Å². The maximum Gasteiger partial charge on any atom is 0.191 e. The average Bonchev–Trinajstić information content (AvgIpc) is 3.22. The summed E-state index contributed by atoms with van der Waals surface area (Å²) in [5.74, 6) is -0.00330. The number of hydrogen-bond acceptors (Lipinski definition) is 4. The second-order valence-corrected chi connectivity index (χ2v) is 6.38. The largest absolute Gasteiger partial charge is 0.347 e. The summed E-state index contributed by atoms with van der Waals surface area (Å²) in [5.41, 5.74) is 2.40. The number of halogens is 1. The molecule has 2 unspecified atom stereocenters. The quantitative estimate of drug-likeness (QED) is 0.677. The molecule has 1 fully saturated rings. The number of ketones is 1. The van der Waals surface area contributed by atoms with Crippen LogP contribution >= 0.6 is 11.6 Å². The molecule has 24 heavy (non-hydrogen) atoms. The third-order valence-corrected chi connectivity index (χ3v) is 4.69. The topological polar surface area (TPSA) is 57.0 Å². The molecule has 2 atom stereocenters. The molecular formula is C18H16ClN3O2. The molecule has 1 aliphatic heterocycles. The van der Waals surface area contributed by atoms with Crippen molar-refractivity contribution in [2.24, 2.45) is 0 Å². The Kier molecular flexibility index (Phi) is 3.82. The van der Waals surface area contributed by atoms with E-state index < -0.39 is 6.10 Å². The van der Waals surface area contributed by atoms with Crippen LogP contribution in [0.1, 0.15) is 35.1 Å². The fraction of sp³-hybridized carbons (Fsp3) is 0.278. The van der Waals surface area contributed by atoms with Gasteiger partial charge in [-0.15, -0.1) is 0 Å². The van der Waals surface area contributed by atoms with Crippen molar-refractivity contribution in [3.8, 4) is 0 Å². The monoisotopic (exact) mass is 341 g/mol. The lowest BCUT2D eigenvalue weighted by Crippen LogP contribution is -2.21. The third kappa shape index (κ3) is 2.60. The number of aromatic nitrogens is 3. The van der Waals surface area contributed by atoms with Gasteiger partial charge in [0.05, 0.1) is 5.69 Å². The Balaban J connectivity index is 1.56. The molecule has 122 valence electrons. The van der Waals surface area contributed by atoms with Crippen LogP contribution in [0.3, 0.4) is 0 Å². The van der Waals surface area contributed by atoms with Crippen LogP contribution in [0.25, 0.3) is 11.0 Å². The molecule has 0 N–H and O–H groups in total. The standard InChI is InChI=1S/C18H16ClN3O2/c1-11-14-8-9-22(18(14)21-10-20-11)16-7-6-15(24-16)17(23)12-2-4-13(19)5-3-12/h2-5,8-10,15-16H,6-7H2,1H3. The number of carbonyl (C=O) groups excluding carboxylic acids is 1. The summed E-state index contributed by atoms with van der Waals surface area (Å²) < 4.78 is 8.01. The smallest absolute Gasteiger partial charge is 0.191 e.